The van der Waals surface area contributed by atoms with Crippen molar-refractivity contribution in [3.05, 3.63) is 40.1 Å². The SMILES string of the molecule is Cc1cccnc1NS(=O)(=O)c1cc([N+](=O)[O-])c(NN)s1. The van der Waals surface area contributed by atoms with Gasteiger partial charge in [-0.1, -0.05) is 17.4 Å². The molecule has 0 aliphatic heterocycles. The Bertz CT molecular complexity index is 786. The van der Waals surface area contributed by atoms with Crippen LogP contribution < -0.4 is 16.0 Å². The van der Waals surface area contributed by atoms with Gasteiger partial charge in [-0.3, -0.25) is 14.8 Å². The van der Waals surface area contributed by atoms with Gasteiger partial charge in [0, 0.05) is 12.3 Å². The molecule has 9 nitrogen and oxygen atoms in total. The van der Waals surface area contributed by atoms with E-state index >= 15 is 0 Å². The second-order valence-electron chi connectivity index (χ2n) is 3.96. The number of hydrogen-bond acceptors (Lipinski definition) is 8. The maximum atomic E-state index is 12.2. The minimum Gasteiger partial charge on any atom is -0.310 e. The Morgan fingerprint density at radius 1 is 1.48 bits per heavy atom. The number of pyridine rings is 1. The molecule has 0 unspecified atom stereocenters. The molecule has 0 aliphatic rings. The van der Waals surface area contributed by atoms with Gasteiger partial charge >= 0.3 is 5.69 Å². The number of rotatable bonds is 5. The summed E-state index contributed by atoms with van der Waals surface area (Å²) < 4.78 is 26.5. The summed E-state index contributed by atoms with van der Waals surface area (Å²) in [5, 5.41) is 10.8. The molecule has 21 heavy (non-hydrogen) atoms. The summed E-state index contributed by atoms with van der Waals surface area (Å²) in [5.74, 6) is 5.31. The fourth-order valence-electron chi connectivity index (χ4n) is 1.50. The Hall–Kier alpha value is -2.24. The first-order valence-electron chi connectivity index (χ1n) is 5.54. The normalized spacial score (nSPS) is 11.1. The van der Waals surface area contributed by atoms with E-state index in [1.165, 1.54) is 6.20 Å². The number of hydrazine groups is 1. The topological polar surface area (TPSA) is 140 Å². The average molecular weight is 329 g/mol. The minimum absolute atomic E-state index is 0.0434. The van der Waals surface area contributed by atoms with Crippen LogP contribution in [0.2, 0.25) is 0 Å². The number of sulfonamides is 1. The van der Waals surface area contributed by atoms with Gasteiger partial charge in [0.05, 0.1) is 4.92 Å². The molecular formula is C10H11N5O4S2. The number of aromatic nitrogens is 1. The number of anilines is 2. The molecule has 4 N–H and O–H groups in total. The van der Waals surface area contributed by atoms with Crippen LogP contribution in [0.4, 0.5) is 16.5 Å². The summed E-state index contributed by atoms with van der Waals surface area (Å²) in [6.07, 6.45) is 1.44. The van der Waals surface area contributed by atoms with E-state index in [2.05, 4.69) is 15.1 Å². The zero-order valence-electron chi connectivity index (χ0n) is 10.7. The third kappa shape index (κ3) is 3.09. The lowest BCUT2D eigenvalue weighted by atomic mass is 10.3. The van der Waals surface area contributed by atoms with Gasteiger partial charge in [0.2, 0.25) is 0 Å². The third-order valence-electron chi connectivity index (χ3n) is 2.52. The van der Waals surface area contributed by atoms with Crippen molar-refractivity contribution in [2.75, 3.05) is 10.1 Å². The Labute approximate surface area is 124 Å². The second kappa shape index (κ2) is 5.63. The molecule has 0 spiro atoms. The first-order valence-corrected chi connectivity index (χ1v) is 7.84. The molecule has 2 aromatic heterocycles. The van der Waals surface area contributed by atoms with Gasteiger partial charge in [-0.25, -0.2) is 19.2 Å². The van der Waals surface area contributed by atoms with Crippen molar-refractivity contribution in [2.45, 2.75) is 11.1 Å². The zero-order valence-corrected chi connectivity index (χ0v) is 12.4. The Balaban J connectivity index is 2.41. The van der Waals surface area contributed by atoms with E-state index < -0.39 is 20.6 Å². The van der Waals surface area contributed by atoms with Crippen LogP contribution in [0.25, 0.3) is 0 Å². The van der Waals surface area contributed by atoms with Crippen molar-refractivity contribution in [1.82, 2.24) is 4.98 Å². The number of nitrogens with one attached hydrogen (secondary N) is 2. The van der Waals surface area contributed by atoms with Crippen molar-refractivity contribution in [3.8, 4) is 0 Å². The lowest BCUT2D eigenvalue weighted by molar-refractivity contribution is -0.383. The Morgan fingerprint density at radius 2 is 2.19 bits per heavy atom. The molecule has 0 amide bonds. The largest absolute Gasteiger partial charge is 0.310 e. The van der Waals surface area contributed by atoms with Gasteiger partial charge in [-0.15, -0.1) is 0 Å². The van der Waals surface area contributed by atoms with Crippen LogP contribution in [-0.2, 0) is 10.0 Å². The Kier molecular flexibility index (Phi) is 4.06. The first-order chi connectivity index (χ1) is 9.85. The smallest absolute Gasteiger partial charge is 0.306 e. The summed E-state index contributed by atoms with van der Waals surface area (Å²) in [6, 6.07) is 4.30. The molecule has 0 atom stereocenters. The van der Waals surface area contributed by atoms with Crippen molar-refractivity contribution in [3.63, 3.8) is 0 Å². The average Bonchev–Trinajstić information content (AvgIpc) is 2.86. The number of nitrogens with two attached hydrogens (primary N) is 1. The first kappa shape index (κ1) is 15.2. The molecule has 0 radical (unpaired) electrons. The van der Waals surface area contributed by atoms with E-state index in [0.29, 0.717) is 16.9 Å². The van der Waals surface area contributed by atoms with E-state index in [1.807, 2.05) is 0 Å². The predicted molar refractivity (Wildman–Crippen MR) is 78.6 cm³/mol. The van der Waals surface area contributed by atoms with Crippen molar-refractivity contribution >= 4 is 37.9 Å². The molecule has 2 heterocycles. The standard InChI is InChI=1S/C10H11N5O4S2/c1-6-3-2-4-12-9(6)14-21(18,19)8-5-7(15(16)17)10(13-11)20-8/h2-5,13H,11H2,1H3,(H,12,14). The van der Waals surface area contributed by atoms with Crippen LogP contribution in [-0.4, -0.2) is 18.3 Å². The molecule has 0 saturated heterocycles. The van der Waals surface area contributed by atoms with Crippen LogP contribution >= 0.6 is 11.3 Å². The predicted octanol–water partition coefficient (Wildman–Crippen LogP) is 1.45. The van der Waals surface area contributed by atoms with Gasteiger partial charge in [-0.05, 0) is 18.6 Å². The molecule has 0 aliphatic carbocycles. The molecule has 0 bridgehead atoms. The molecule has 2 rings (SSSR count). The highest BCUT2D eigenvalue weighted by molar-refractivity contribution is 7.94. The molecule has 0 fully saturated rings. The number of aryl methyl sites for hydroxylation is 1. The number of nitrogens with zero attached hydrogens (tertiary/aromatic N) is 2. The summed E-state index contributed by atoms with van der Waals surface area (Å²) in [5.41, 5.74) is 2.34. The fourth-order valence-corrected chi connectivity index (χ4v) is 3.82. The highest BCUT2D eigenvalue weighted by Crippen LogP contribution is 2.36. The maximum absolute atomic E-state index is 12.2. The summed E-state index contributed by atoms with van der Waals surface area (Å²) in [7, 11) is -3.98. The van der Waals surface area contributed by atoms with E-state index in [9.17, 15) is 18.5 Å². The highest BCUT2D eigenvalue weighted by Gasteiger charge is 2.26. The van der Waals surface area contributed by atoms with E-state index in [0.717, 1.165) is 6.07 Å². The quantitative estimate of drug-likeness (QED) is 0.428. The highest BCUT2D eigenvalue weighted by atomic mass is 32.2. The third-order valence-corrected chi connectivity index (χ3v) is 5.39. The van der Waals surface area contributed by atoms with Crippen molar-refractivity contribution < 1.29 is 13.3 Å². The molecular weight excluding hydrogens is 318 g/mol. The minimum atomic E-state index is -3.98. The fraction of sp³-hybridized carbons (Fsp3) is 0.100. The van der Waals surface area contributed by atoms with Crippen LogP contribution in [0.5, 0.6) is 0 Å². The van der Waals surface area contributed by atoms with Crippen LogP contribution in [0.15, 0.2) is 28.6 Å². The molecule has 2 aromatic rings. The summed E-state index contributed by atoms with van der Waals surface area (Å²) in [6.45, 7) is 1.69. The molecule has 0 aromatic carbocycles. The van der Waals surface area contributed by atoms with Crippen LogP contribution in [0.3, 0.4) is 0 Å². The van der Waals surface area contributed by atoms with Crippen molar-refractivity contribution in [1.29, 1.82) is 0 Å². The van der Waals surface area contributed by atoms with Gasteiger partial charge in [-0.2, -0.15) is 0 Å². The molecule has 112 valence electrons. The number of thiophene rings is 1. The van der Waals surface area contributed by atoms with Crippen LogP contribution in [0, 0.1) is 17.0 Å². The monoisotopic (exact) mass is 329 g/mol. The van der Waals surface area contributed by atoms with E-state index in [-0.39, 0.29) is 15.0 Å². The van der Waals surface area contributed by atoms with Gasteiger partial charge in [0.15, 0.2) is 5.00 Å². The summed E-state index contributed by atoms with van der Waals surface area (Å²) >= 11 is 0.664. The van der Waals surface area contributed by atoms with Gasteiger partial charge < -0.3 is 5.43 Å². The molecule has 0 saturated carbocycles. The zero-order chi connectivity index (χ0) is 15.6. The van der Waals surface area contributed by atoms with Crippen molar-refractivity contribution in [2.24, 2.45) is 5.84 Å². The number of nitrogen functional groups attached to an aromatic ring is 1. The van der Waals surface area contributed by atoms with E-state index in [4.69, 9.17) is 5.84 Å². The second-order valence-corrected chi connectivity index (χ2v) is 6.92. The van der Waals surface area contributed by atoms with Gasteiger partial charge in [0.1, 0.15) is 10.0 Å². The van der Waals surface area contributed by atoms with Crippen LogP contribution in [0.1, 0.15) is 5.56 Å². The lowest BCUT2D eigenvalue weighted by Crippen LogP contribution is -2.13. The maximum Gasteiger partial charge on any atom is 0.306 e. The van der Waals surface area contributed by atoms with Gasteiger partial charge in [0.25, 0.3) is 10.0 Å². The lowest BCUT2D eigenvalue weighted by Gasteiger charge is -2.07. The molecule has 11 heteroatoms. The summed E-state index contributed by atoms with van der Waals surface area (Å²) in [4.78, 5) is 14.0. The number of hydrogen-bond donors (Lipinski definition) is 3. The van der Waals surface area contributed by atoms with E-state index in [1.54, 1.807) is 19.1 Å². The number of nitro groups is 1. The Morgan fingerprint density at radius 3 is 2.71 bits per heavy atom.